The molecule has 1 aromatic rings. The number of aromatic hydroxyl groups is 1. The maximum atomic E-state index is 14.4. The molecular formula is C38H50O9. The van der Waals surface area contributed by atoms with Crippen LogP contribution in [0.4, 0.5) is 0 Å². The smallest absolute Gasteiger partial charge is 0.230 e. The number of ketones is 5. The minimum absolute atomic E-state index is 0.115. The van der Waals surface area contributed by atoms with Crippen LogP contribution >= 0.6 is 0 Å². The molecule has 0 saturated heterocycles. The molecule has 0 spiro atoms. The number of fused-ring (bicyclic) bond motifs is 4. The number of aliphatic hydroxyl groups is 1. The van der Waals surface area contributed by atoms with E-state index >= 15 is 0 Å². The summed E-state index contributed by atoms with van der Waals surface area (Å²) in [7, 11) is 0. The minimum Gasteiger partial charge on any atom is -0.507 e. The number of ether oxygens (including phenoxy) is 2. The van der Waals surface area contributed by atoms with Gasteiger partial charge in [-0.15, -0.1) is 0 Å². The summed E-state index contributed by atoms with van der Waals surface area (Å²) in [5, 5.41) is 24.8. The number of phenolic OH excluding ortho intramolecular Hbond substituents is 1. The molecule has 2 aliphatic heterocycles. The maximum Gasteiger partial charge on any atom is 0.230 e. The van der Waals surface area contributed by atoms with E-state index in [1.54, 1.807) is 55.4 Å². The zero-order valence-electron chi connectivity index (χ0n) is 30.2. The summed E-state index contributed by atoms with van der Waals surface area (Å²) in [5.41, 5.74) is -5.07. The molecule has 2 heterocycles. The third kappa shape index (κ3) is 4.13. The summed E-state index contributed by atoms with van der Waals surface area (Å²) in [5.74, 6) is -9.09. The highest BCUT2D eigenvalue weighted by molar-refractivity contribution is 6.20. The molecule has 2 N–H and O–H groups in total. The lowest BCUT2D eigenvalue weighted by Gasteiger charge is -2.58. The van der Waals surface area contributed by atoms with Gasteiger partial charge in [-0.3, -0.25) is 24.0 Å². The molecule has 0 aromatic heterocycles. The van der Waals surface area contributed by atoms with Crippen LogP contribution in [0.5, 0.6) is 17.2 Å². The van der Waals surface area contributed by atoms with Crippen LogP contribution in [0.3, 0.4) is 0 Å². The van der Waals surface area contributed by atoms with Gasteiger partial charge in [-0.1, -0.05) is 41.5 Å². The van der Waals surface area contributed by atoms with Gasteiger partial charge in [-0.05, 0) is 67.2 Å². The van der Waals surface area contributed by atoms with Crippen molar-refractivity contribution in [2.24, 2.45) is 45.3 Å². The Bertz CT molecular complexity index is 1700. The lowest BCUT2D eigenvalue weighted by atomic mass is 9.51. The molecule has 9 nitrogen and oxygen atoms in total. The number of rotatable bonds is 4. The van der Waals surface area contributed by atoms with E-state index in [1.165, 1.54) is 13.8 Å². The Labute approximate surface area is 277 Å². The number of hydrogen-bond acceptors (Lipinski definition) is 9. The molecule has 1 fully saturated rings. The van der Waals surface area contributed by atoms with E-state index in [9.17, 15) is 34.2 Å². The first-order valence-corrected chi connectivity index (χ1v) is 16.7. The first kappa shape index (κ1) is 35.0. The predicted octanol–water partition coefficient (Wildman–Crippen LogP) is 6.46. The van der Waals surface area contributed by atoms with Crippen LogP contribution in [0, 0.1) is 45.3 Å². The highest BCUT2D eigenvalue weighted by atomic mass is 16.6. The van der Waals surface area contributed by atoms with E-state index in [4.69, 9.17) is 9.47 Å². The molecule has 5 rings (SSSR count). The van der Waals surface area contributed by atoms with Gasteiger partial charge in [0.25, 0.3) is 0 Å². The molecule has 2 aliphatic carbocycles. The van der Waals surface area contributed by atoms with Gasteiger partial charge in [0.1, 0.15) is 28.6 Å². The highest BCUT2D eigenvalue weighted by Gasteiger charge is 2.72. The van der Waals surface area contributed by atoms with Crippen LogP contribution in [-0.4, -0.2) is 44.9 Å². The first-order valence-electron chi connectivity index (χ1n) is 16.7. The Morgan fingerprint density at radius 1 is 0.745 bits per heavy atom. The van der Waals surface area contributed by atoms with Gasteiger partial charge < -0.3 is 19.7 Å². The third-order valence-electron chi connectivity index (χ3n) is 11.5. The van der Waals surface area contributed by atoms with Gasteiger partial charge in [0.05, 0.1) is 27.6 Å². The number of phenols is 1. The Morgan fingerprint density at radius 3 is 1.79 bits per heavy atom. The summed E-state index contributed by atoms with van der Waals surface area (Å²) in [6.07, 6.45) is 0. The van der Waals surface area contributed by atoms with Crippen LogP contribution in [0.2, 0.25) is 0 Å². The fourth-order valence-corrected chi connectivity index (χ4v) is 8.85. The molecule has 0 radical (unpaired) electrons. The van der Waals surface area contributed by atoms with Gasteiger partial charge in [0, 0.05) is 34.5 Å². The van der Waals surface area contributed by atoms with Crippen LogP contribution in [0.15, 0.2) is 11.3 Å². The van der Waals surface area contributed by atoms with E-state index in [0.29, 0.717) is 5.56 Å². The van der Waals surface area contributed by atoms with Crippen molar-refractivity contribution in [3.8, 4) is 17.2 Å². The zero-order valence-corrected chi connectivity index (χ0v) is 30.2. The van der Waals surface area contributed by atoms with Crippen molar-refractivity contribution < 1.29 is 43.7 Å². The maximum absolute atomic E-state index is 14.4. The second-order valence-electron chi connectivity index (χ2n) is 17.2. The molecule has 1 saturated carbocycles. The minimum atomic E-state index is -2.37. The molecule has 0 unspecified atom stereocenters. The molecule has 9 heteroatoms. The van der Waals surface area contributed by atoms with E-state index in [1.807, 2.05) is 27.7 Å². The number of allylic oxidation sites excluding steroid dienone is 2. The number of carbonyl (C=O) groups is 5. The fourth-order valence-electron chi connectivity index (χ4n) is 8.85. The summed E-state index contributed by atoms with van der Waals surface area (Å²) in [4.78, 5) is 70.4. The second kappa shape index (κ2) is 10.1. The summed E-state index contributed by atoms with van der Waals surface area (Å²) in [6.45, 7) is 23.7. The van der Waals surface area contributed by atoms with Gasteiger partial charge in [-0.2, -0.15) is 0 Å². The molecule has 47 heavy (non-hydrogen) atoms. The Morgan fingerprint density at radius 2 is 1.30 bits per heavy atom. The molecule has 0 bridgehead atoms. The number of carbonyl (C=O) groups excluding carboxylic acids is 5. The van der Waals surface area contributed by atoms with Crippen molar-refractivity contribution in [2.45, 2.75) is 115 Å². The zero-order chi connectivity index (χ0) is 35.9. The average molecular weight is 651 g/mol. The summed E-state index contributed by atoms with van der Waals surface area (Å²) >= 11 is 0. The van der Waals surface area contributed by atoms with E-state index in [-0.39, 0.29) is 51.6 Å². The predicted molar refractivity (Wildman–Crippen MR) is 174 cm³/mol. The number of benzene rings is 1. The van der Waals surface area contributed by atoms with Crippen molar-refractivity contribution in [3.63, 3.8) is 0 Å². The van der Waals surface area contributed by atoms with E-state index in [2.05, 4.69) is 0 Å². The molecule has 4 aliphatic rings. The quantitative estimate of drug-likeness (QED) is 0.277. The molecule has 1 aromatic carbocycles. The molecule has 4 atom stereocenters. The monoisotopic (exact) mass is 650 g/mol. The lowest BCUT2D eigenvalue weighted by molar-refractivity contribution is -0.264. The van der Waals surface area contributed by atoms with Crippen molar-refractivity contribution >= 4 is 28.9 Å². The van der Waals surface area contributed by atoms with Crippen molar-refractivity contribution in [1.82, 2.24) is 0 Å². The number of hydrogen-bond donors (Lipinski definition) is 2. The van der Waals surface area contributed by atoms with Gasteiger partial charge in [0.2, 0.25) is 5.79 Å². The van der Waals surface area contributed by atoms with E-state index in [0.717, 1.165) is 0 Å². The molecule has 256 valence electrons. The lowest BCUT2D eigenvalue weighted by Crippen LogP contribution is -2.72. The standard InChI is InChI=1S/C38H50O9/c1-15(2)18-20-26(40)23(25(39)17(5)6)28-21(27(20)46-31-22(18)29(41)34(7,8)32(43)36(31,11)12)19(16(3)4)24-30(42)35(9,10)33(44)37(13,14)38(24,45)47-28/h15-19,24,40,45H,1-14H3/t18-,19-,24+,38+/m1/s1. The normalized spacial score (nSPS) is 30.0. The fraction of sp³-hybridized carbons (Fsp3) is 0.658. The molecule has 0 amide bonds. The summed E-state index contributed by atoms with van der Waals surface area (Å²) < 4.78 is 13.2. The topological polar surface area (TPSA) is 144 Å². The Kier molecular flexibility index (Phi) is 7.52. The van der Waals surface area contributed by atoms with Crippen LogP contribution in [-0.2, 0) is 19.2 Å². The van der Waals surface area contributed by atoms with Crippen molar-refractivity contribution in [2.75, 3.05) is 0 Å². The Balaban J connectivity index is 2.00. The van der Waals surface area contributed by atoms with Crippen molar-refractivity contribution in [3.05, 3.63) is 28.0 Å². The van der Waals surface area contributed by atoms with Crippen LogP contribution < -0.4 is 9.47 Å². The molecular weight excluding hydrogens is 600 g/mol. The first-order chi connectivity index (χ1) is 21.2. The third-order valence-corrected chi connectivity index (χ3v) is 11.5. The van der Waals surface area contributed by atoms with Gasteiger partial charge in [0.15, 0.2) is 28.9 Å². The highest BCUT2D eigenvalue weighted by Crippen LogP contribution is 2.66. The SMILES string of the molecule is CC(C)C(=O)c1c(O)c2c(c3c1O[C@@]1(O)[C@H](C(=O)C(C)(C)C(=O)C1(C)C)[C@@H]3C(C)C)OC1=C(C(=O)C(C)(C)C(=O)C1(C)C)[C@@H]2C(C)C. The van der Waals surface area contributed by atoms with Gasteiger partial charge in [-0.25, -0.2) is 0 Å². The Hall–Kier alpha value is -3.33. The van der Waals surface area contributed by atoms with Gasteiger partial charge >= 0.3 is 0 Å². The van der Waals surface area contributed by atoms with E-state index < -0.39 is 80.0 Å². The van der Waals surface area contributed by atoms with Crippen molar-refractivity contribution in [1.29, 1.82) is 0 Å². The second-order valence-corrected chi connectivity index (χ2v) is 17.2. The summed E-state index contributed by atoms with van der Waals surface area (Å²) in [6, 6.07) is 0. The van der Waals surface area contributed by atoms with Crippen LogP contribution in [0.1, 0.15) is 130 Å². The number of Topliss-reactive ketones (excluding diaryl/α,β-unsaturated/α-hetero) is 5. The average Bonchev–Trinajstić information content (AvgIpc) is 2.96. The van der Waals surface area contributed by atoms with Crippen LogP contribution in [0.25, 0.3) is 0 Å². The largest absolute Gasteiger partial charge is 0.507 e.